The van der Waals surface area contributed by atoms with E-state index in [1.54, 1.807) is 7.11 Å². The molecule has 1 amide bonds. The predicted molar refractivity (Wildman–Crippen MR) is 73.1 cm³/mol. The molecule has 1 aromatic carbocycles. The average Bonchev–Trinajstić information content (AvgIpc) is 2.28. The Morgan fingerprint density at radius 1 is 1.47 bits per heavy atom. The Kier molecular flexibility index (Phi) is 5.48. The predicted octanol–water partition coefficient (Wildman–Crippen LogP) is 3.47. The van der Waals surface area contributed by atoms with Gasteiger partial charge in [-0.15, -0.1) is 0 Å². The van der Waals surface area contributed by atoms with E-state index in [-0.39, 0.29) is 4.82 Å². The molecule has 0 aromatic heterocycles. The van der Waals surface area contributed by atoms with Crippen molar-refractivity contribution in [3.05, 3.63) is 29.3 Å². The van der Waals surface area contributed by atoms with Crippen LogP contribution in [0.2, 0.25) is 0 Å². The second-order valence-electron chi connectivity index (χ2n) is 4.18. The standard InChI is InChI=1S/C13H18BrNO2/c1-9(2)11-8-10(4-5-12(11)17-3)6-7-15-13(14)16/h4-5,8-9H,6-7H2,1-3H3,(H,15,16). The molecule has 0 spiro atoms. The third-order valence-corrected chi connectivity index (χ3v) is 2.87. The van der Waals surface area contributed by atoms with Crippen LogP contribution in [0.1, 0.15) is 30.9 Å². The first kappa shape index (κ1) is 14.0. The number of nitrogens with one attached hydrogen (secondary N) is 1. The molecule has 1 rings (SSSR count). The third kappa shape index (κ3) is 4.38. The van der Waals surface area contributed by atoms with Crippen LogP contribution >= 0.6 is 15.9 Å². The summed E-state index contributed by atoms with van der Waals surface area (Å²) >= 11 is 2.84. The van der Waals surface area contributed by atoms with Crippen molar-refractivity contribution in [2.75, 3.05) is 13.7 Å². The molecule has 0 atom stereocenters. The number of amides is 1. The molecule has 0 saturated heterocycles. The van der Waals surface area contributed by atoms with Crippen LogP contribution in [0, 0.1) is 0 Å². The van der Waals surface area contributed by atoms with E-state index >= 15 is 0 Å². The molecule has 0 radical (unpaired) electrons. The maximum atomic E-state index is 10.7. The van der Waals surface area contributed by atoms with E-state index in [2.05, 4.69) is 41.2 Å². The summed E-state index contributed by atoms with van der Waals surface area (Å²) in [5.74, 6) is 1.35. The van der Waals surface area contributed by atoms with Crippen LogP contribution in [0.15, 0.2) is 18.2 Å². The van der Waals surface area contributed by atoms with Gasteiger partial charge < -0.3 is 10.1 Å². The first-order chi connectivity index (χ1) is 8.04. The molecule has 4 heteroatoms. The van der Waals surface area contributed by atoms with Crippen LogP contribution in [0.25, 0.3) is 0 Å². The zero-order valence-electron chi connectivity index (χ0n) is 10.4. The Labute approximate surface area is 111 Å². The summed E-state index contributed by atoms with van der Waals surface area (Å²) in [5, 5.41) is 2.72. The van der Waals surface area contributed by atoms with E-state index in [0.29, 0.717) is 12.5 Å². The second-order valence-corrected chi connectivity index (χ2v) is 4.90. The minimum Gasteiger partial charge on any atom is -0.496 e. The molecule has 94 valence electrons. The van der Waals surface area contributed by atoms with Gasteiger partial charge in [0.15, 0.2) is 0 Å². The maximum Gasteiger partial charge on any atom is 0.287 e. The molecule has 0 aliphatic heterocycles. The highest BCUT2D eigenvalue weighted by molar-refractivity contribution is 9.18. The minimum absolute atomic E-state index is 0.171. The fraction of sp³-hybridized carbons (Fsp3) is 0.462. The lowest BCUT2D eigenvalue weighted by molar-refractivity contribution is 0.262. The molecule has 1 N–H and O–H groups in total. The molecule has 17 heavy (non-hydrogen) atoms. The molecule has 0 aliphatic rings. The Balaban J connectivity index is 2.74. The Morgan fingerprint density at radius 3 is 2.71 bits per heavy atom. The van der Waals surface area contributed by atoms with Crippen molar-refractivity contribution in [1.82, 2.24) is 5.32 Å². The van der Waals surface area contributed by atoms with Crippen molar-refractivity contribution in [1.29, 1.82) is 0 Å². The summed E-state index contributed by atoms with van der Waals surface area (Å²) in [4.78, 5) is 10.5. The number of carbonyl (C=O) groups excluding carboxylic acids is 1. The van der Waals surface area contributed by atoms with Gasteiger partial charge in [-0.25, -0.2) is 0 Å². The van der Waals surface area contributed by atoms with Crippen LogP contribution in [0.4, 0.5) is 4.79 Å². The molecule has 0 aliphatic carbocycles. The largest absolute Gasteiger partial charge is 0.496 e. The SMILES string of the molecule is COc1ccc(CCNC(=O)Br)cc1C(C)C. The third-order valence-electron chi connectivity index (χ3n) is 2.59. The van der Waals surface area contributed by atoms with E-state index in [1.165, 1.54) is 11.1 Å². The average molecular weight is 300 g/mol. The summed E-state index contributed by atoms with van der Waals surface area (Å²) in [7, 11) is 1.69. The normalized spacial score (nSPS) is 10.4. The van der Waals surface area contributed by atoms with Gasteiger partial charge in [-0.05, 0) is 29.5 Å². The fourth-order valence-corrected chi connectivity index (χ4v) is 1.89. The van der Waals surface area contributed by atoms with Gasteiger partial charge in [0.1, 0.15) is 5.75 Å². The molecule has 0 saturated carbocycles. The van der Waals surface area contributed by atoms with Gasteiger partial charge in [0, 0.05) is 22.5 Å². The van der Waals surface area contributed by atoms with Crippen LogP contribution in [0.3, 0.4) is 0 Å². The van der Waals surface area contributed by atoms with E-state index in [9.17, 15) is 4.79 Å². The molecule has 0 fully saturated rings. The quantitative estimate of drug-likeness (QED) is 0.668. The number of halogens is 1. The number of rotatable bonds is 5. The Hall–Kier alpha value is -1.03. The summed E-state index contributed by atoms with van der Waals surface area (Å²) in [6, 6.07) is 6.16. The van der Waals surface area contributed by atoms with Gasteiger partial charge >= 0.3 is 0 Å². The number of benzene rings is 1. The second kappa shape index (κ2) is 6.64. The molecule has 1 aromatic rings. The highest BCUT2D eigenvalue weighted by Gasteiger charge is 2.08. The summed E-state index contributed by atoms with van der Waals surface area (Å²) in [5.41, 5.74) is 2.41. The summed E-state index contributed by atoms with van der Waals surface area (Å²) in [6.07, 6.45) is 0.820. The van der Waals surface area contributed by atoms with Crippen molar-refractivity contribution in [2.45, 2.75) is 26.2 Å². The number of methoxy groups -OCH3 is 1. The topological polar surface area (TPSA) is 38.3 Å². The van der Waals surface area contributed by atoms with Crippen molar-refractivity contribution in [3.63, 3.8) is 0 Å². The fourth-order valence-electron chi connectivity index (χ4n) is 1.70. The van der Waals surface area contributed by atoms with Gasteiger partial charge in [0.25, 0.3) is 4.82 Å². The zero-order valence-corrected chi connectivity index (χ0v) is 12.0. The molecule has 3 nitrogen and oxygen atoms in total. The van der Waals surface area contributed by atoms with Crippen LogP contribution < -0.4 is 10.1 Å². The first-order valence-electron chi connectivity index (χ1n) is 5.64. The molecular formula is C13H18BrNO2. The van der Waals surface area contributed by atoms with E-state index in [1.807, 2.05) is 12.1 Å². The minimum atomic E-state index is -0.171. The van der Waals surface area contributed by atoms with Gasteiger partial charge in [-0.3, -0.25) is 4.79 Å². The van der Waals surface area contributed by atoms with Crippen molar-refractivity contribution < 1.29 is 9.53 Å². The maximum absolute atomic E-state index is 10.7. The molecule has 0 heterocycles. The highest BCUT2D eigenvalue weighted by Crippen LogP contribution is 2.27. The molecule has 0 bridgehead atoms. The van der Waals surface area contributed by atoms with Crippen molar-refractivity contribution in [2.24, 2.45) is 0 Å². The van der Waals surface area contributed by atoms with Crippen LogP contribution in [0.5, 0.6) is 5.75 Å². The zero-order chi connectivity index (χ0) is 12.8. The monoisotopic (exact) mass is 299 g/mol. The lowest BCUT2D eigenvalue weighted by atomic mass is 9.98. The van der Waals surface area contributed by atoms with Gasteiger partial charge in [0.2, 0.25) is 0 Å². The highest BCUT2D eigenvalue weighted by atomic mass is 79.9. The lowest BCUT2D eigenvalue weighted by Crippen LogP contribution is -2.19. The number of hydrogen-bond donors (Lipinski definition) is 1. The van der Waals surface area contributed by atoms with Gasteiger partial charge in [-0.1, -0.05) is 26.0 Å². The van der Waals surface area contributed by atoms with Gasteiger partial charge in [0.05, 0.1) is 7.11 Å². The lowest BCUT2D eigenvalue weighted by Gasteiger charge is -2.13. The smallest absolute Gasteiger partial charge is 0.287 e. The number of ether oxygens (including phenoxy) is 1. The van der Waals surface area contributed by atoms with Crippen LogP contribution in [-0.2, 0) is 6.42 Å². The Morgan fingerprint density at radius 2 is 2.18 bits per heavy atom. The van der Waals surface area contributed by atoms with E-state index in [0.717, 1.165) is 12.2 Å². The van der Waals surface area contributed by atoms with Crippen molar-refractivity contribution >= 4 is 20.7 Å². The van der Waals surface area contributed by atoms with E-state index in [4.69, 9.17) is 4.74 Å². The van der Waals surface area contributed by atoms with E-state index < -0.39 is 0 Å². The first-order valence-corrected chi connectivity index (χ1v) is 6.44. The summed E-state index contributed by atoms with van der Waals surface area (Å²) in [6.45, 7) is 4.91. The van der Waals surface area contributed by atoms with Crippen LogP contribution in [-0.4, -0.2) is 18.5 Å². The number of carbonyl (C=O) groups is 1. The molecule has 0 unspecified atom stereocenters. The van der Waals surface area contributed by atoms with Gasteiger partial charge in [-0.2, -0.15) is 0 Å². The summed E-state index contributed by atoms with van der Waals surface area (Å²) < 4.78 is 5.33. The molecular weight excluding hydrogens is 282 g/mol. The van der Waals surface area contributed by atoms with Crippen molar-refractivity contribution in [3.8, 4) is 5.75 Å². The Bertz CT molecular complexity index is 391. The number of hydrogen-bond acceptors (Lipinski definition) is 2.